The Morgan fingerprint density at radius 3 is 2.83 bits per heavy atom. The smallest absolute Gasteiger partial charge is 0.274 e. The maximum Gasteiger partial charge on any atom is 0.274 e. The van der Waals surface area contributed by atoms with Gasteiger partial charge in [0.2, 0.25) is 0 Å². The van der Waals surface area contributed by atoms with Crippen LogP contribution in [-0.4, -0.2) is 42.1 Å². The van der Waals surface area contributed by atoms with E-state index < -0.39 is 0 Å². The summed E-state index contributed by atoms with van der Waals surface area (Å²) in [5.74, 6) is -0.235. The number of amides is 1. The number of hydrogen-bond acceptors (Lipinski definition) is 6. The highest BCUT2D eigenvalue weighted by Crippen LogP contribution is 2.33. The van der Waals surface area contributed by atoms with Gasteiger partial charge in [0, 0.05) is 53.4 Å². The molecule has 1 aliphatic heterocycles. The van der Waals surface area contributed by atoms with Gasteiger partial charge in [-0.2, -0.15) is 0 Å². The number of piperazine rings is 1. The number of pyridine rings is 2. The first kappa shape index (κ1) is 18.7. The van der Waals surface area contributed by atoms with E-state index in [0.717, 1.165) is 48.5 Å². The zero-order valence-electron chi connectivity index (χ0n) is 16.3. The lowest BCUT2D eigenvalue weighted by molar-refractivity contribution is 0.102. The molecule has 0 saturated carbocycles. The largest absolute Gasteiger partial charge is 0.367 e. The number of carbonyl (C=O) groups is 1. The number of fused-ring (bicyclic) bond motifs is 1. The number of nitrogens with one attached hydrogen (secondary N) is 2. The Hall–Kier alpha value is -3.29. The molecule has 1 aromatic carbocycles. The normalized spacial score (nSPS) is 14.1. The van der Waals surface area contributed by atoms with E-state index in [9.17, 15) is 4.79 Å². The van der Waals surface area contributed by atoms with Crippen molar-refractivity contribution >= 4 is 38.7 Å². The van der Waals surface area contributed by atoms with Gasteiger partial charge in [0.25, 0.3) is 5.91 Å². The summed E-state index contributed by atoms with van der Waals surface area (Å²) in [5, 5.41) is 9.61. The van der Waals surface area contributed by atoms with E-state index in [-0.39, 0.29) is 5.91 Å². The van der Waals surface area contributed by atoms with Crippen molar-refractivity contribution in [2.75, 3.05) is 36.4 Å². The molecule has 0 spiro atoms. The Labute approximate surface area is 178 Å². The fourth-order valence-corrected chi connectivity index (χ4v) is 4.69. The summed E-state index contributed by atoms with van der Waals surface area (Å²) in [4.78, 5) is 24.1. The number of benzene rings is 1. The number of anilines is 2. The molecule has 0 bridgehead atoms. The number of rotatable bonds is 4. The first-order valence-corrected chi connectivity index (χ1v) is 10.8. The number of aromatic nitrogens is 2. The lowest BCUT2D eigenvalue weighted by Crippen LogP contribution is -2.43. The number of nitrogens with zero attached hydrogens (tertiary/aromatic N) is 3. The van der Waals surface area contributed by atoms with Gasteiger partial charge in [0.05, 0.1) is 23.3 Å². The van der Waals surface area contributed by atoms with Crippen molar-refractivity contribution in [2.24, 2.45) is 0 Å². The zero-order chi connectivity index (χ0) is 20.3. The number of thiophene rings is 1. The standard InChI is InChI=1S/C23H21N5OS/c29-23(27-20-14-25-9-8-21(20)28-12-10-24-11-13-28)19-6-3-5-18(26-19)17-15-30-22-7-2-1-4-16(17)22/h1-9,14-15,24H,10-13H2,(H,27,29). The van der Waals surface area contributed by atoms with Crippen molar-refractivity contribution in [1.82, 2.24) is 15.3 Å². The topological polar surface area (TPSA) is 70.2 Å². The second-order valence-corrected chi connectivity index (χ2v) is 8.05. The van der Waals surface area contributed by atoms with Gasteiger partial charge in [0.1, 0.15) is 5.69 Å². The van der Waals surface area contributed by atoms with Crippen molar-refractivity contribution in [1.29, 1.82) is 0 Å². The first-order chi connectivity index (χ1) is 14.8. The molecule has 4 aromatic rings. The van der Waals surface area contributed by atoms with Gasteiger partial charge >= 0.3 is 0 Å². The second kappa shape index (κ2) is 8.22. The average molecular weight is 416 g/mol. The van der Waals surface area contributed by atoms with Gasteiger partial charge in [-0.05, 0) is 24.3 Å². The van der Waals surface area contributed by atoms with Crippen molar-refractivity contribution < 1.29 is 4.79 Å². The molecule has 4 heterocycles. The lowest BCUT2D eigenvalue weighted by Gasteiger charge is -2.30. The van der Waals surface area contributed by atoms with E-state index in [1.165, 1.54) is 4.70 Å². The molecule has 1 saturated heterocycles. The molecule has 0 radical (unpaired) electrons. The monoisotopic (exact) mass is 415 g/mol. The molecule has 30 heavy (non-hydrogen) atoms. The first-order valence-electron chi connectivity index (χ1n) is 9.94. The van der Waals surface area contributed by atoms with Crippen LogP contribution in [0, 0.1) is 0 Å². The molecule has 0 unspecified atom stereocenters. The highest BCUT2D eigenvalue weighted by molar-refractivity contribution is 7.17. The minimum absolute atomic E-state index is 0.235. The maximum absolute atomic E-state index is 13.0. The van der Waals surface area contributed by atoms with E-state index in [4.69, 9.17) is 0 Å². The van der Waals surface area contributed by atoms with Crippen LogP contribution < -0.4 is 15.5 Å². The Bertz CT molecular complexity index is 1200. The maximum atomic E-state index is 13.0. The van der Waals surface area contributed by atoms with Gasteiger partial charge in [-0.15, -0.1) is 11.3 Å². The van der Waals surface area contributed by atoms with Crippen molar-refractivity contribution in [3.63, 3.8) is 0 Å². The Kier molecular flexibility index (Phi) is 5.13. The molecular formula is C23H21N5OS. The summed E-state index contributed by atoms with van der Waals surface area (Å²) < 4.78 is 1.21. The third-order valence-corrected chi connectivity index (χ3v) is 6.21. The van der Waals surface area contributed by atoms with Gasteiger partial charge in [0.15, 0.2) is 0 Å². The van der Waals surface area contributed by atoms with Crippen LogP contribution in [0.1, 0.15) is 10.5 Å². The summed E-state index contributed by atoms with van der Waals surface area (Å²) in [6, 6.07) is 15.8. The minimum atomic E-state index is -0.235. The van der Waals surface area contributed by atoms with E-state index >= 15 is 0 Å². The molecule has 1 amide bonds. The van der Waals surface area contributed by atoms with Crippen LogP contribution in [0.3, 0.4) is 0 Å². The fraction of sp³-hybridized carbons (Fsp3) is 0.174. The van der Waals surface area contributed by atoms with E-state index in [2.05, 4.69) is 43.0 Å². The summed E-state index contributed by atoms with van der Waals surface area (Å²) >= 11 is 1.68. The van der Waals surface area contributed by atoms with E-state index in [0.29, 0.717) is 11.4 Å². The van der Waals surface area contributed by atoms with Crippen molar-refractivity contribution in [3.05, 3.63) is 72.0 Å². The zero-order valence-corrected chi connectivity index (χ0v) is 17.2. The van der Waals surface area contributed by atoms with Gasteiger partial charge in [-0.3, -0.25) is 9.78 Å². The second-order valence-electron chi connectivity index (χ2n) is 7.14. The van der Waals surface area contributed by atoms with E-state index in [1.807, 2.05) is 30.3 Å². The average Bonchev–Trinajstić information content (AvgIpc) is 3.24. The van der Waals surface area contributed by atoms with Crippen LogP contribution in [0.25, 0.3) is 21.3 Å². The quantitative estimate of drug-likeness (QED) is 0.527. The van der Waals surface area contributed by atoms with Crippen LogP contribution in [0.4, 0.5) is 11.4 Å². The predicted molar refractivity (Wildman–Crippen MR) is 122 cm³/mol. The molecule has 6 nitrogen and oxygen atoms in total. The molecule has 7 heteroatoms. The SMILES string of the molecule is O=C(Nc1cnccc1N1CCNCC1)c1cccc(-c2csc3ccccc23)n1. The van der Waals surface area contributed by atoms with Crippen LogP contribution >= 0.6 is 11.3 Å². The highest BCUT2D eigenvalue weighted by Gasteiger charge is 2.17. The third kappa shape index (κ3) is 3.65. The van der Waals surface area contributed by atoms with E-state index in [1.54, 1.807) is 29.8 Å². The van der Waals surface area contributed by atoms with Crippen molar-refractivity contribution in [2.45, 2.75) is 0 Å². The summed E-state index contributed by atoms with van der Waals surface area (Å²) in [5.41, 5.74) is 3.93. The molecule has 0 atom stereocenters. The highest BCUT2D eigenvalue weighted by atomic mass is 32.1. The molecule has 150 valence electrons. The molecule has 3 aromatic heterocycles. The Morgan fingerprint density at radius 2 is 1.93 bits per heavy atom. The van der Waals surface area contributed by atoms with Gasteiger partial charge in [-0.1, -0.05) is 24.3 Å². The molecule has 0 aliphatic carbocycles. The Balaban J connectivity index is 1.42. The number of hydrogen-bond donors (Lipinski definition) is 2. The molecule has 1 fully saturated rings. The molecular weight excluding hydrogens is 394 g/mol. The lowest BCUT2D eigenvalue weighted by atomic mass is 10.1. The summed E-state index contributed by atoms with van der Waals surface area (Å²) in [6.07, 6.45) is 3.46. The van der Waals surface area contributed by atoms with Crippen LogP contribution in [0.2, 0.25) is 0 Å². The molecule has 2 N–H and O–H groups in total. The van der Waals surface area contributed by atoms with Crippen molar-refractivity contribution in [3.8, 4) is 11.3 Å². The Morgan fingerprint density at radius 1 is 1.07 bits per heavy atom. The number of carbonyl (C=O) groups excluding carboxylic acids is 1. The van der Waals surface area contributed by atoms with Gasteiger partial charge in [-0.25, -0.2) is 4.98 Å². The summed E-state index contributed by atoms with van der Waals surface area (Å²) in [7, 11) is 0. The van der Waals surface area contributed by atoms with Crippen LogP contribution in [0.5, 0.6) is 0 Å². The van der Waals surface area contributed by atoms with Crippen LogP contribution in [-0.2, 0) is 0 Å². The third-order valence-electron chi connectivity index (χ3n) is 5.24. The van der Waals surface area contributed by atoms with Gasteiger partial charge < -0.3 is 15.5 Å². The summed E-state index contributed by atoms with van der Waals surface area (Å²) in [6.45, 7) is 3.64. The predicted octanol–water partition coefficient (Wildman–Crippen LogP) is 4.02. The molecule has 1 aliphatic rings. The minimum Gasteiger partial charge on any atom is -0.367 e. The van der Waals surface area contributed by atoms with Crippen LogP contribution in [0.15, 0.2) is 66.3 Å². The molecule has 5 rings (SSSR count). The fourth-order valence-electron chi connectivity index (χ4n) is 3.74.